The van der Waals surface area contributed by atoms with Gasteiger partial charge < -0.3 is 10.1 Å². The van der Waals surface area contributed by atoms with E-state index in [0.29, 0.717) is 32.5 Å². The van der Waals surface area contributed by atoms with Crippen LogP contribution in [0.4, 0.5) is 0 Å². The van der Waals surface area contributed by atoms with E-state index in [0.717, 1.165) is 0 Å². The molecule has 0 saturated carbocycles. The topological polar surface area (TPSA) is 75.7 Å². The fourth-order valence-corrected chi connectivity index (χ4v) is 2.50. The molecule has 1 atom stereocenters. The van der Waals surface area contributed by atoms with Gasteiger partial charge in [-0.25, -0.2) is 12.7 Å². The van der Waals surface area contributed by atoms with Gasteiger partial charge in [0.25, 0.3) is 0 Å². The second-order valence-corrected chi connectivity index (χ2v) is 6.23. The highest BCUT2D eigenvalue weighted by molar-refractivity contribution is 7.88. The lowest BCUT2D eigenvalue weighted by Gasteiger charge is -2.18. The quantitative estimate of drug-likeness (QED) is 0.482. The Labute approximate surface area is 110 Å². The lowest BCUT2D eigenvalue weighted by molar-refractivity contribution is -0.141. The molecule has 0 radical (unpaired) electrons. The third-order valence-corrected chi connectivity index (χ3v) is 3.98. The molecule has 1 unspecified atom stereocenters. The monoisotopic (exact) mass is 280 g/mol. The lowest BCUT2D eigenvalue weighted by Crippen LogP contribution is -2.34. The SMILES string of the molecule is CCN(CCCNC(C)CC(=O)OC)S(C)(=O)=O. The van der Waals surface area contributed by atoms with Gasteiger partial charge >= 0.3 is 5.97 Å². The van der Waals surface area contributed by atoms with Crippen molar-refractivity contribution in [3.63, 3.8) is 0 Å². The zero-order valence-corrected chi connectivity index (χ0v) is 12.4. The van der Waals surface area contributed by atoms with E-state index in [1.807, 2.05) is 13.8 Å². The molecule has 108 valence electrons. The summed E-state index contributed by atoms with van der Waals surface area (Å²) in [5.41, 5.74) is 0. The third kappa shape index (κ3) is 7.62. The highest BCUT2D eigenvalue weighted by Gasteiger charge is 2.13. The van der Waals surface area contributed by atoms with Crippen molar-refractivity contribution in [3.8, 4) is 0 Å². The Morgan fingerprint density at radius 1 is 1.44 bits per heavy atom. The van der Waals surface area contributed by atoms with Crippen LogP contribution in [0.1, 0.15) is 26.7 Å². The van der Waals surface area contributed by atoms with Gasteiger partial charge in [0, 0.05) is 19.1 Å². The molecule has 0 aromatic heterocycles. The molecule has 0 heterocycles. The Balaban J connectivity index is 3.82. The molecule has 0 spiro atoms. The van der Waals surface area contributed by atoms with Crippen LogP contribution in [-0.2, 0) is 19.6 Å². The summed E-state index contributed by atoms with van der Waals surface area (Å²) in [6.07, 6.45) is 2.25. The Morgan fingerprint density at radius 3 is 2.50 bits per heavy atom. The Kier molecular flexibility index (Phi) is 8.13. The lowest BCUT2D eigenvalue weighted by atomic mass is 10.2. The van der Waals surface area contributed by atoms with Crippen molar-refractivity contribution in [2.45, 2.75) is 32.7 Å². The number of rotatable bonds is 9. The van der Waals surface area contributed by atoms with E-state index in [2.05, 4.69) is 10.1 Å². The van der Waals surface area contributed by atoms with Crippen LogP contribution in [0.3, 0.4) is 0 Å². The second-order valence-electron chi connectivity index (χ2n) is 4.24. The number of nitrogens with zero attached hydrogens (tertiary/aromatic N) is 1. The van der Waals surface area contributed by atoms with Crippen molar-refractivity contribution < 1.29 is 17.9 Å². The first-order valence-electron chi connectivity index (χ1n) is 6.06. The van der Waals surface area contributed by atoms with Gasteiger partial charge in [0.05, 0.1) is 19.8 Å². The van der Waals surface area contributed by atoms with Crippen LogP contribution in [0, 0.1) is 0 Å². The smallest absolute Gasteiger partial charge is 0.307 e. The van der Waals surface area contributed by atoms with Gasteiger partial charge in [0.15, 0.2) is 0 Å². The van der Waals surface area contributed by atoms with E-state index in [9.17, 15) is 13.2 Å². The summed E-state index contributed by atoms with van der Waals surface area (Å²) < 4.78 is 28.6. The van der Waals surface area contributed by atoms with E-state index in [1.54, 1.807) is 0 Å². The minimum Gasteiger partial charge on any atom is -0.469 e. The number of nitrogens with one attached hydrogen (secondary N) is 1. The van der Waals surface area contributed by atoms with Crippen LogP contribution in [0.5, 0.6) is 0 Å². The summed E-state index contributed by atoms with van der Waals surface area (Å²) in [7, 11) is -1.75. The Hall–Kier alpha value is -0.660. The standard InChI is InChI=1S/C11H24N2O4S/c1-5-13(18(4,15)16)8-6-7-12-10(2)9-11(14)17-3/h10,12H,5-9H2,1-4H3. The maximum absolute atomic E-state index is 11.3. The summed E-state index contributed by atoms with van der Waals surface area (Å²) >= 11 is 0. The zero-order chi connectivity index (χ0) is 14.2. The molecular formula is C11H24N2O4S. The van der Waals surface area contributed by atoms with Gasteiger partial charge in [-0.1, -0.05) is 6.92 Å². The zero-order valence-electron chi connectivity index (χ0n) is 11.6. The Bertz CT molecular complexity index is 343. The van der Waals surface area contributed by atoms with Crippen molar-refractivity contribution in [2.24, 2.45) is 0 Å². The first-order chi connectivity index (χ1) is 8.31. The molecule has 0 aromatic carbocycles. The number of hydrogen-bond acceptors (Lipinski definition) is 5. The van der Waals surface area contributed by atoms with E-state index < -0.39 is 10.0 Å². The number of ether oxygens (including phenoxy) is 1. The van der Waals surface area contributed by atoms with Crippen LogP contribution in [0.15, 0.2) is 0 Å². The van der Waals surface area contributed by atoms with E-state index in [-0.39, 0.29) is 12.0 Å². The molecule has 0 aliphatic carbocycles. The van der Waals surface area contributed by atoms with E-state index in [1.165, 1.54) is 17.7 Å². The summed E-state index contributed by atoms with van der Waals surface area (Å²) in [4.78, 5) is 11.0. The van der Waals surface area contributed by atoms with E-state index >= 15 is 0 Å². The molecule has 0 aliphatic heterocycles. The number of carbonyl (C=O) groups is 1. The summed E-state index contributed by atoms with van der Waals surface area (Å²) in [5.74, 6) is -0.249. The summed E-state index contributed by atoms with van der Waals surface area (Å²) in [5, 5.41) is 3.16. The van der Waals surface area contributed by atoms with E-state index in [4.69, 9.17) is 0 Å². The van der Waals surface area contributed by atoms with Gasteiger partial charge in [0.1, 0.15) is 0 Å². The number of methoxy groups -OCH3 is 1. The molecule has 6 nitrogen and oxygen atoms in total. The second kappa shape index (κ2) is 8.44. The molecule has 0 aromatic rings. The van der Waals surface area contributed by atoms with Crippen LogP contribution >= 0.6 is 0 Å². The van der Waals surface area contributed by atoms with Crippen molar-refractivity contribution in [2.75, 3.05) is 33.0 Å². The highest BCUT2D eigenvalue weighted by Crippen LogP contribution is 1.99. The predicted octanol–water partition coefficient (Wildman–Crippen LogP) is 0.199. The van der Waals surface area contributed by atoms with Crippen molar-refractivity contribution in [1.82, 2.24) is 9.62 Å². The minimum absolute atomic E-state index is 0.0331. The van der Waals surface area contributed by atoms with Gasteiger partial charge in [-0.3, -0.25) is 4.79 Å². The van der Waals surface area contributed by atoms with Gasteiger partial charge in [-0.05, 0) is 19.9 Å². The fraction of sp³-hybridized carbons (Fsp3) is 0.909. The number of carbonyl (C=O) groups excluding carboxylic acids is 1. The summed E-state index contributed by atoms with van der Waals surface area (Å²) in [6, 6.07) is 0.0331. The fourth-order valence-electron chi connectivity index (χ4n) is 1.57. The minimum atomic E-state index is -3.11. The van der Waals surface area contributed by atoms with Crippen LogP contribution in [0.2, 0.25) is 0 Å². The molecule has 0 fully saturated rings. The molecule has 0 amide bonds. The molecule has 0 saturated heterocycles. The molecule has 0 aliphatic rings. The third-order valence-electron chi connectivity index (χ3n) is 2.60. The Morgan fingerprint density at radius 2 is 2.06 bits per heavy atom. The maximum atomic E-state index is 11.3. The maximum Gasteiger partial charge on any atom is 0.307 e. The van der Waals surface area contributed by atoms with Crippen LogP contribution < -0.4 is 5.32 Å². The highest BCUT2D eigenvalue weighted by atomic mass is 32.2. The first-order valence-corrected chi connectivity index (χ1v) is 7.91. The largest absolute Gasteiger partial charge is 0.469 e. The number of esters is 1. The molecule has 1 N–H and O–H groups in total. The predicted molar refractivity (Wildman–Crippen MR) is 70.8 cm³/mol. The summed E-state index contributed by atoms with van der Waals surface area (Å²) in [6.45, 7) is 5.35. The average molecular weight is 280 g/mol. The number of hydrogen-bond donors (Lipinski definition) is 1. The molecular weight excluding hydrogens is 256 g/mol. The first kappa shape index (κ1) is 17.3. The van der Waals surface area contributed by atoms with Gasteiger partial charge in [0.2, 0.25) is 10.0 Å². The molecule has 7 heteroatoms. The van der Waals surface area contributed by atoms with Crippen molar-refractivity contribution in [3.05, 3.63) is 0 Å². The van der Waals surface area contributed by atoms with Gasteiger partial charge in [-0.15, -0.1) is 0 Å². The number of sulfonamides is 1. The van der Waals surface area contributed by atoms with Crippen LogP contribution in [0.25, 0.3) is 0 Å². The molecule has 18 heavy (non-hydrogen) atoms. The van der Waals surface area contributed by atoms with Crippen LogP contribution in [-0.4, -0.2) is 57.7 Å². The van der Waals surface area contributed by atoms with Crippen molar-refractivity contribution in [1.29, 1.82) is 0 Å². The van der Waals surface area contributed by atoms with Crippen molar-refractivity contribution >= 4 is 16.0 Å². The molecule has 0 bridgehead atoms. The van der Waals surface area contributed by atoms with Gasteiger partial charge in [-0.2, -0.15) is 0 Å². The normalized spacial score (nSPS) is 13.6. The average Bonchev–Trinajstić information content (AvgIpc) is 2.27. The molecule has 0 rings (SSSR count).